The Balaban J connectivity index is 2.33. The van der Waals surface area contributed by atoms with E-state index in [4.69, 9.17) is 23.2 Å². The Morgan fingerprint density at radius 1 is 1.23 bits per heavy atom. The first-order chi connectivity index (χ1) is 10.3. The van der Waals surface area contributed by atoms with Crippen LogP contribution in [0, 0.1) is 0 Å². The molecule has 0 aliphatic rings. The van der Waals surface area contributed by atoms with E-state index in [1.807, 2.05) is 0 Å². The van der Waals surface area contributed by atoms with Crippen molar-refractivity contribution in [3.63, 3.8) is 0 Å². The number of hydrogen-bond acceptors (Lipinski definition) is 6. The quantitative estimate of drug-likeness (QED) is 0.600. The van der Waals surface area contributed by atoms with Gasteiger partial charge in [-0.25, -0.2) is 18.4 Å². The average molecular weight is 377 g/mol. The van der Waals surface area contributed by atoms with Gasteiger partial charge in [0.2, 0.25) is 20.1 Å². The molecule has 1 aromatic heterocycles. The lowest BCUT2D eigenvalue weighted by Gasteiger charge is -2.05. The van der Waals surface area contributed by atoms with E-state index in [9.17, 15) is 13.2 Å². The zero-order chi connectivity index (χ0) is 16.3. The Kier molecular flexibility index (Phi) is 5.44. The fourth-order valence-electron chi connectivity index (χ4n) is 1.43. The third kappa shape index (κ3) is 3.98. The lowest BCUT2D eigenvalue weighted by atomic mass is 10.4. The number of aromatic nitrogens is 2. The van der Waals surface area contributed by atoms with Crippen LogP contribution in [-0.4, -0.2) is 29.3 Å². The highest BCUT2D eigenvalue weighted by Crippen LogP contribution is 2.27. The van der Waals surface area contributed by atoms with Crippen LogP contribution in [0.3, 0.4) is 0 Å². The number of nitrogens with zero attached hydrogens (tertiary/aromatic N) is 2. The van der Waals surface area contributed by atoms with E-state index in [0.29, 0.717) is 9.92 Å². The molecule has 2 rings (SSSR count). The highest BCUT2D eigenvalue weighted by atomic mass is 35.5. The van der Waals surface area contributed by atoms with Crippen LogP contribution in [0.5, 0.6) is 0 Å². The lowest BCUT2D eigenvalue weighted by molar-refractivity contribution is 0.108. The highest BCUT2D eigenvalue weighted by Gasteiger charge is 2.21. The second-order valence-corrected chi connectivity index (χ2v) is 8.16. The van der Waals surface area contributed by atoms with Crippen molar-refractivity contribution >= 4 is 49.9 Å². The van der Waals surface area contributed by atoms with Crippen LogP contribution in [0.15, 0.2) is 40.5 Å². The van der Waals surface area contributed by atoms with Gasteiger partial charge in [0.25, 0.3) is 0 Å². The number of benzene rings is 1. The van der Waals surface area contributed by atoms with Crippen LogP contribution >= 0.6 is 35.0 Å². The molecule has 0 unspecified atom stereocenters. The molecule has 2 aromatic rings. The summed E-state index contributed by atoms with van der Waals surface area (Å²) < 4.78 is 23.6. The first-order valence-corrected chi connectivity index (χ1v) is 9.29. The highest BCUT2D eigenvalue weighted by molar-refractivity contribution is 8.14. The molecular weight excluding hydrogens is 367 g/mol. The topological polar surface area (TPSA) is 77.0 Å². The van der Waals surface area contributed by atoms with Gasteiger partial charge in [-0.05, 0) is 36.0 Å². The van der Waals surface area contributed by atoms with Crippen molar-refractivity contribution in [2.75, 3.05) is 5.75 Å². The van der Waals surface area contributed by atoms with Crippen molar-refractivity contribution in [1.82, 2.24) is 9.97 Å². The Labute approximate surface area is 142 Å². The molecule has 0 N–H and O–H groups in total. The number of rotatable bonds is 4. The van der Waals surface area contributed by atoms with Crippen molar-refractivity contribution in [2.24, 2.45) is 0 Å². The second-order valence-electron chi connectivity index (χ2n) is 4.10. The third-order valence-corrected chi connectivity index (χ3v) is 5.53. The molecule has 116 valence electrons. The predicted molar refractivity (Wildman–Crippen MR) is 86.4 cm³/mol. The molecule has 9 heteroatoms. The minimum absolute atomic E-state index is 0.00140. The monoisotopic (exact) mass is 376 g/mol. The molecule has 1 aromatic carbocycles. The largest absolute Gasteiger partial charge is 0.279 e. The van der Waals surface area contributed by atoms with Gasteiger partial charge >= 0.3 is 0 Å². The summed E-state index contributed by atoms with van der Waals surface area (Å²) in [5.41, 5.74) is -0.136. The van der Waals surface area contributed by atoms with Crippen molar-refractivity contribution in [3.05, 3.63) is 46.2 Å². The van der Waals surface area contributed by atoms with E-state index >= 15 is 0 Å². The summed E-state index contributed by atoms with van der Waals surface area (Å²) in [6, 6.07) is 6.63. The van der Waals surface area contributed by atoms with Crippen LogP contribution in [0.25, 0.3) is 0 Å². The fraction of sp³-hybridized carbons (Fsp3) is 0.154. The zero-order valence-electron chi connectivity index (χ0n) is 11.3. The Hall–Kier alpha value is -1.15. The second kappa shape index (κ2) is 6.95. The molecule has 0 bridgehead atoms. The van der Waals surface area contributed by atoms with E-state index in [0.717, 1.165) is 18.0 Å². The molecule has 0 radical (unpaired) electrons. The smallest absolute Gasteiger partial charge is 0.247 e. The minimum atomic E-state index is -3.61. The maximum Gasteiger partial charge on any atom is 0.247 e. The number of thioether (sulfide) groups is 1. The fourth-order valence-corrected chi connectivity index (χ4v) is 3.23. The summed E-state index contributed by atoms with van der Waals surface area (Å²) in [5.74, 6) is -0.160. The molecule has 0 aliphatic carbocycles. The third-order valence-electron chi connectivity index (χ3n) is 2.60. The van der Waals surface area contributed by atoms with E-state index in [1.165, 1.54) is 6.92 Å². The molecule has 0 saturated carbocycles. The van der Waals surface area contributed by atoms with E-state index < -0.39 is 20.1 Å². The van der Waals surface area contributed by atoms with Crippen molar-refractivity contribution < 1.29 is 13.2 Å². The molecule has 0 spiro atoms. The van der Waals surface area contributed by atoms with Crippen LogP contribution < -0.4 is 0 Å². The molecule has 0 aliphatic heterocycles. The van der Waals surface area contributed by atoms with Crippen LogP contribution in [0.1, 0.15) is 17.4 Å². The van der Waals surface area contributed by atoms with Gasteiger partial charge in [-0.15, -0.1) is 0 Å². The predicted octanol–water partition coefficient (Wildman–Crippen LogP) is 3.51. The van der Waals surface area contributed by atoms with Gasteiger partial charge < -0.3 is 0 Å². The van der Waals surface area contributed by atoms with Gasteiger partial charge in [-0.3, -0.25) is 4.79 Å². The first-order valence-electron chi connectivity index (χ1n) is 6.06. The average Bonchev–Trinajstić information content (AvgIpc) is 2.49. The standard InChI is InChI=1S/C13H10Cl2N2O3S2/c1-2-22(19,20)13-16-7-10(15)11(17-13)12(18)21-9-5-3-8(14)4-6-9/h3-7H,2H2,1H3. The Bertz CT molecular complexity index is 809. The van der Waals surface area contributed by atoms with Crippen molar-refractivity contribution in [1.29, 1.82) is 0 Å². The molecule has 22 heavy (non-hydrogen) atoms. The minimum Gasteiger partial charge on any atom is -0.279 e. The van der Waals surface area contributed by atoms with Gasteiger partial charge in [-0.2, -0.15) is 0 Å². The number of hydrogen-bond donors (Lipinski definition) is 0. The van der Waals surface area contributed by atoms with E-state index in [1.54, 1.807) is 24.3 Å². The molecule has 0 atom stereocenters. The van der Waals surface area contributed by atoms with E-state index in [-0.39, 0.29) is 16.5 Å². The number of carbonyl (C=O) groups is 1. The summed E-state index contributed by atoms with van der Waals surface area (Å²) in [6.07, 6.45) is 1.12. The number of halogens is 2. The van der Waals surface area contributed by atoms with E-state index in [2.05, 4.69) is 9.97 Å². The van der Waals surface area contributed by atoms with Gasteiger partial charge in [0, 0.05) is 9.92 Å². The molecule has 0 amide bonds. The van der Waals surface area contributed by atoms with Gasteiger partial charge in [-0.1, -0.05) is 30.1 Å². The lowest BCUT2D eigenvalue weighted by Crippen LogP contribution is -2.12. The maximum absolute atomic E-state index is 12.2. The number of carbonyl (C=O) groups excluding carboxylic acids is 1. The molecule has 0 fully saturated rings. The molecule has 1 heterocycles. The first kappa shape index (κ1) is 17.2. The maximum atomic E-state index is 12.2. The summed E-state index contributed by atoms with van der Waals surface area (Å²) in [5, 5.41) is -0.323. The van der Waals surface area contributed by atoms with Crippen molar-refractivity contribution in [3.8, 4) is 0 Å². The van der Waals surface area contributed by atoms with Crippen LogP contribution in [0.2, 0.25) is 10.0 Å². The summed E-state index contributed by atoms with van der Waals surface area (Å²) in [4.78, 5) is 20.4. The Morgan fingerprint density at radius 2 is 1.86 bits per heavy atom. The van der Waals surface area contributed by atoms with Gasteiger partial charge in [0.05, 0.1) is 17.0 Å². The normalized spacial score (nSPS) is 11.4. The van der Waals surface area contributed by atoms with Crippen LogP contribution in [0.4, 0.5) is 0 Å². The Morgan fingerprint density at radius 3 is 2.45 bits per heavy atom. The summed E-state index contributed by atoms with van der Waals surface area (Å²) >= 11 is 12.6. The molecule has 5 nitrogen and oxygen atoms in total. The molecule has 0 saturated heterocycles. The SMILES string of the molecule is CCS(=O)(=O)c1ncc(Cl)c(C(=O)Sc2ccc(Cl)cc2)n1. The van der Waals surface area contributed by atoms with Gasteiger partial charge in [0.1, 0.15) is 5.69 Å². The summed E-state index contributed by atoms with van der Waals surface area (Å²) in [6.45, 7) is 1.47. The molecular formula is C13H10Cl2N2O3S2. The number of sulfone groups is 1. The van der Waals surface area contributed by atoms with Crippen molar-refractivity contribution in [2.45, 2.75) is 17.0 Å². The van der Waals surface area contributed by atoms with Crippen LogP contribution in [-0.2, 0) is 9.84 Å². The summed E-state index contributed by atoms with van der Waals surface area (Å²) in [7, 11) is -3.61. The zero-order valence-corrected chi connectivity index (χ0v) is 14.4. The van der Waals surface area contributed by atoms with Gasteiger partial charge in [0.15, 0.2) is 0 Å².